The summed E-state index contributed by atoms with van der Waals surface area (Å²) in [5.74, 6) is -0.172. The van der Waals surface area contributed by atoms with E-state index in [4.69, 9.17) is 0 Å². The lowest BCUT2D eigenvalue weighted by molar-refractivity contribution is -0.137. The van der Waals surface area contributed by atoms with E-state index in [1.54, 1.807) is 5.38 Å². The van der Waals surface area contributed by atoms with E-state index in [2.05, 4.69) is 15.0 Å². The zero-order valence-corrected chi connectivity index (χ0v) is 14.7. The fraction of sp³-hybridized carbons (Fsp3) is 0.353. The van der Waals surface area contributed by atoms with Crippen molar-refractivity contribution >= 4 is 29.2 Å². The molecule has 0 spiro atoms. The van der Waals surface area contributed by atoms with Gasteiger partial charge in [0.05, 0.1) is 11.3 Å². The fourth-order valence-corrected chi connectivity index (χ4v) is 4.09. The van der Waals surface area contributed by atoms with Crippen molar-refractivity contribution in [1.29, 1.82) is 0 Å². The molecule has 142 valence electrons. The number of fused-ring (bicyclic) bond motifs is 2. The Balaban J connectivity index is 1.56. The first kappa shape index (κ1) is 17.8. The first-order chi connectivity index (χ1) is 12.8. The molecule has 10 heteroatoms. The van der Waals surface area contributed by atoms with Gasteiger partial charge in [0, 0.05) is 23.5 Å². The van der Waals surface area contributed by atoms with Crippen LogP contribution in [0.2, 0.25) is 0 Å². The van der Waals surface area contributed by atoms with Crippen LogP contribution in [0.4, 0.5) is 23.7 Å². The SMILES string of the molecule is O=C1NC2CCN(C(=O)Nc3csnc3-c3cccc(C(F)(F)F)c3)C1C2. The number of alkyl halides is 3. The van der Waals surface area contributed by atoms with E-state index in [1.165, 1.54) is 17.0 Å². The molecule has 2 aromatic rings. The van der Waals surface area contributed by atoms with Crippen molar-refractivity contribution in [3.63, 3.8) is 0 Å². The van der Waals surface area contributed by atoms with Crippen LogP contribution in [0.1, 0.15) is 18.4 Å². The Morgan fingerprint density at radius 2 is 2.19 bits per heavy atom. The lowest BCUT2D eigenvalue weighted by Crippen LogP contribution is -2.47. The largest absolute Gasteiger partial charge is 0.416 e. The van der Waals surface area contributed by atoms with Crippen molar-refractivity contribution in [1.82, 2.24) is 14.6 Å². The molecule has 2 saturated heterocycles. The van der Waals surface area contributed by atoms with E-state index < -0.39 is 23.8 Å². The van der Waals surface area contributed by atoms with Crippen LogP contribution in [0, 0.1) is 0 Å². The number of carbonyl (C=O) groups is 2. The second-order valence-corrected chi connectivity index (χ2v) is 7.15. The number of benzene rings is 1. The smallest absolute Gasteiger partial charge is 0.351 e. The van der Waals surface area contributed by atoms with Gasteiger partial charge in [0.25, 0.3) is 0 Å². The molecule has 0 saturated carbocycles. The third-order valence-corrected chi connectivity index (χ3v) is 5.42. The van der Waals surface area contributed by atoms with Crippen LogP contribution in [0.3, 0.4) is 0 Å². The van der Waals surface area contributed by atoms with E-state index in [9.17, 15) is 22.8 Å². The van der Waals surface area contributed by atoms with Gasteiger partial charge in [0.1, 0.15) is 11.7 Å². The minimum Gasteiger partial charge on any atom is -0.351 e. The Hall–Kier alpha value is -2.62. The molecule has 0 aliphatic carbocycles. The number of aromatic nitrogens is 1. The number of urea groups is 1. The first-order valence-corrected chi connectivity index (χ1v) is 9.16. The zero-order chi connectivity index (χ0) is 19.2. The lowest BCUT2D eigenvalue weighted by Gasteiger charge is -2.30. The second-order valence-electron chi connectivity index (χ2n) is 6.52. The van der Waals surface area contributed by atoms with Gasteiger partial charge in [0.15, 0.2) is 0 Å². The van der Waals surface area contributed by atoms with E-state index in [1.807, 2.05) is 0 Å². The molecular formula is C17H15F3N4O2S. The Bertz CT molecular complexity index is 898. The van der Waals surface area contributed by atoms with Crippen molar-refractivity contribution in [2.45, 2.75) is 31.1 Å². The highest BCUT2D eigenvalue weighted by Crippen LogP contribution is 2.35. The van der Waals surface area contributed by atoms with Gasteiger partial charge in [-0.3, -0.25) is 4.79 Å². The third-order valence-electron chi connectivity index (χ3n) is 4.79. The topological polar surface area (TPSA) is 74.3 Å². The molecule has 2 aliphatic rings. The van der Waals surface area contributed by atoms with Crippen LogP contribution >= 0.6 is 11.5 Å². The summed E-state index contributed by atoms with van der Waals surface area (Å²) in [5, 5.41) is 7.10. The molecule has 2 N–H and O–H groups in total. The van der Waals surface area contributed by atoms with Gasteiger partial charge in [-0.05, 0) is 36.5 Å². The Morgan fingerprint density at radius 1 is 1.37 bits per heavy atom. The number of anilines is 1. The zero-order valence-electron chi connectivity index (χ0n) is 13.9. The lowest BCUT2D eigenvalue weighted by atomic mass is 10.0. The maximum absolute atomic E-state index is 13.0. The number of hydrogen-bond donors (Lipinski definition) is 2. The Morgan fingerprint density at radius 3 is 2.96 bits per heavy atom. The summed E-state index contributed by atoms with van der Waals surface area (Å²) >= 11 is 1.03. The average molecular weight is 396 g/mol. The number of hydrogen-bond acceptors (Lipinski definition) is 4. The second kappa shape index (κ2) is 6.52. The average Bonchev–Trinajstić information content (AvgIpc) is 3.19. The van der Waals surface area contributed by atoms with Crippen molar-refractivity contribution in [3.8, 4) is 11.3 Å². The molecule has 3 heterocycles. The molecule has 1 aromatic carbocycles. The van der Waals surface area contributed by atoms with Crippen LogP contribution in [-0.2, 0) is 11.0 Å². The maximum atomic E-state index is 13.0. The Kier molecular flexibility index (Phi) is 4.29. The molecule has 3 amide bonds. The summed E-state index contributed by atoms with van der Waals surface area (Å²) in [6.07, 6.45) is -3.21. The van der Waals surface area contributed by atoms with Crippen molar-refractivity contribution in [2.75, 3.05) is 11.9 Å². The Labute approximate surface area is 156 Å². The summed E-state index contributed by atoms with van der Waals surface area (Å²) in [5.41, 5.74) is 0.0729. The van der Waals surface area contributed by atoms with Crippen LogP contribution in [0.25, 0.3) is 11.3 Å². The molecule has 2 bridgehead atoms. The number of nitrogens with zero attached hydrogens (tertiary/aromatic N) is 2. The molecule has 1 aromatic heterocycles. The minimum atomic E-state index is -4.46. The molecule has 2 unspecified atom stereocenters. The number of likely N-dealkylation sites (tertiary alicyclic amines) is 1. The van der Waals surface area contributed by atoms with E-state index in [0.29, 0.717) is 25.1 Å². The monoisotopic (exact) mass is 396 g/mol. The van der Waals surface area contributed by atoms with Gasteiger partial charge in [0.2, 0.25) is 5.91 Å². The van der Waals surface area contributed by atoms with Gasteiger partial charge < -0.3 is 15.5 Å². The highest BCUT2D eigenvalue weighted by molar-refractivity contribution is 7.04. The molecule has 2 atom stereocenters. The molecule has 6 nitrogen and oxygen atoms in total. The van der Waals surface area contributed by atoms with Gasteiger partial charge in [-0.2, -0.15) is 17.5 Å². The highest BCUT2D eigenvalue weighted by atomic mass is 32.1. The van der Waals surface area contributed by atoms with Crippen molar-refractivity contribution < 1.29 is 22.8 Å². The van der Waals surface area contributed by atoms with Gasteiger partial charge in [-0.15, -0.1) is 0 Å². The predicted octanol–water partition coefficient (Wildman–Crippen LogP) is 3.32. The number of carbonyl (C=O) groups excluding carboxylic acids is 2. The standard InChI is InChI=1S/C17H15F3N4O2S/c18-17(19,20)10-3-1-2-9(6-10)14-12(8-27-23-14)22-16(26)24-5-4-11-7-13(24)15(25)21-11/h1-3,6,8,11,13H,4-5,7H2,(H,21,25)(H,22,26). The van der Waals surface area contributed by atoms with Gasteiger partial charge >= 0.3 is 12.2 Å². The quantitative estimate of drug-likeness (QED) is 0.818. The maximum Gasteiger partial charge on any atom is 0.416 e. The van der Waals surface area contributed by atoms with Crippen LogP contribution in [0.5, 0.6) is 0 Å². The third kappa shape index (κ3) is 3.36. The number of halogens is 3. The summed E-state index contributed by atoms with van der Waals surface area (Å²) < 4.78 is 43.0. The van der Waals surface area contributed by atoms with Crippen LogP contribution < -0.4 is 10.6 Å². The van der Waals surface area contributed by atoms with Crippen molar-refractivity contribution in [3.05, 3.63) is 35.2 Å². The number of rotatable bonds is 2. The highest BCUT2D eigenvalue weighted by Gasteiger charge is 2.42. The predicted molar refractivity (Wildman–Crippen MR) is 93.2 cm³/mol. The first-order valence-electron chi connectivity index (χ1n) is 8.33. The van der Waals surface area contributed by atoms with Crippen LogP contribution in [-0.4, -0.2) is 39.8 Å². The number of piperidine rings is 1. The minimum absolute atomic E-state index is 0.107. The summed E-state index contributed by atoms with van der Waals surface area (Å²) in [6.45, 7) is 0.441. The molecule has 2 aliphatic heterocycles. The van der Waals surface area contributed by atoms with E-state index >= 15 is 0 Å². The normalized spacial score (nSPS) is 21.9. The van der Waals surface area contributed by atoms with E-state index in [-0.39, 0.29) is 23.2 Å². The number of nitrogens with one attached hydrogen (secondary N) is 2. The molecule has 2 fully saturated rings. The van der Waals surface area contributed by atoms with Gasteiger partial charge in [-0.1, -0.05) is 12.1 Å². The van der Waals surface area contributed by atoms with Crippen molar-refractivity contribution in [2.24, 2.45) is 0 Å². The summed E-state index contributed by atoms with van der Waals surface area (Å²) in [6, 6.07) is 3.94. The molecule has 4 rings (SSSR count). The fourth-order valence-electron chi connectivity index (χ4n) is 3.45. The van der Waals surface area contributed by atoms with Gasteiger partial charge in [-0.25, -0.2) is 4.79 Å². The number of amides is 3. The summed E-state index contributed by atoms with van der Waals surface area (Å²) in [4.78, 5) is 26.0. The molecule has 27 heavy (non-hydrogen) atoms. The summed E-state index contributed by atoms with van der Waals surface area (Å²) in [7, 11) is 0. The van der Waals surface area contributed by atoms with Crippen LogP contribution in [0.15, 0.2) is 29.6 Å². The van der Waals surface area contributed by atoms with E-state index in [0.717, 1.165) is 23.7 Å². The molecular weight excluding hydrogens is 381 g/mol. The molecule has 0 radical (unpaired) electrons.